The molecule has 1 aliphatic carbocycles. The molecule has 0 spiro atoms. The molecule has 0 bridgehead atoms. The summed E-state index contributed by atoms with van der Waals surface area (Å²) in [7, 11) is -0.453. The zero-order valence-corrected chi connectivity index (χ0v) is 15.1. The summed E-state index contributed by atoms with van der Waals surface area (Å²) in [4.78, 5) is 16.7. The average Bonchev–Trinajstić information content (AvgIpc) is 2.76. The predicted molar refractivity (Wildman–Crippen MR) is 93.9 cm³/mol. The Morgan fingerprint density at radius 1 is 1.12 bits per heavy atom. The van der Waals surface area contributed by atoms with E-state index in [1.165, 1.54) is 0 Å². The number of carbonyl (C=O) groups is 1. The number of hydrogen-bond acceptors (Lipinski definition) is 4. The SMILES string of the molecule is CC1(C)OB(c2ccnc(C3(C(N)=O)CCCCC3)c2)OC1(C)C. The van der Waals surface area contributed by atoms with Gasteiger partial charge in [0.15, 0.2) is 0 Å². The van der Waals surface area contributed by atoms with Gasteiger partial charge in [-0.05, 0) is 58.1 Å². The van der Waals surface area contributed by atoms with Crippen LogP contribution in [0.1, 0.15) is 65.5 Å². The lowest BCUT2D eigenvalue weighted by molar-refractivity contribution is -0.124. The molecule has 2 aliphatic rings. The molecule has 24 heavy (non-hydrogen) atoms. The van der Waals surface area contributed by atoms with E-state index in [2.05, 4.69) is 4.98 Å². The molecule has 0 aromatic carbocycles. The second-order valence-electron chi connectivity index (χ2n) is 8.07. The molecule has 5 nitrogen and oxygen atoms in total. The van der Waals surface area contributed by atoms with E-state index in [0.717, 1.165) is 43.3 Å². The number of rotatable bonds is 3. The first-order valence-electron chi connectivity index (χ1n) is 8.80. The molecule has 1 amide bonds. The monoisotopic (exact) mass is 330 g/mol. The van der Waals surface area contributed by atoms with Gasteiger partial charge in [-0.3, -0.25) is 9.78 Å². The molecule has 0 unspecified atom stereocenters. The van der Waals surface area contributed by atoms with E-state index in [1.807, 2.05) is 39.8 Å². The number of pyridine rings is 1. The minimum absolute atomic E-state index is 0.277. The smallest absolute Gasteiger partial charge is 0.399 e. The summed E-state index contributed by atoms with van der Waals surface area (Å²) in [6.07, 6.45) is 6.42. The zero-order valence-electron chi connectivity index (χ0n) is 15.1. The van der Waals surface area contributed by atoms with E-state index in [-0.39, 0.29) is 5.91 Å². The van der Waals surface area contributed by atoms with Crippen LogP contribution >= 0.6 is 0 Å². The molecular formula is C18H27BN2O3. The normalized spacial score (nSPS) is 24.8. The first-order valence-corrected chi connectivity index (χ1v) is 8.80. The quantitative estimate of drug-likeness (QED) is 0.861. The molecule has 1 aliphatic heterocycles. The number of nitrogens with zero attached hydrogens (tertiary/aromatic N) is 1. The molecule has 1 saturated heterocycles. The van der Waals surface area contributed by atoms with Crippen molar-refractivity contribution in [1.29, 1.82) is 0 Å². The van der Waals surface area contributed by atoms with E-state index in [4.69, 9.17) is 15.0 Å². The van der Waals surface area contributed by atoms with Crippen molar-refractivity contribution in [3.63, 3.8) is 0 Å². The van der Waals surface area contributed by atoms with Crippen molar-refractivity contribution < 1.29 is 14.1 Å². The van der Waals surface area contributed by atoms with Gasteiger partial charge in [-0.1, -0.05) is 19.3 Å². The maximum Gasteiger partial charge on any atom is 0.494 e. The number of carbonyl (C=O) groups excluding carboxylic acids is 1. The van der Waals surface area contributed by atoms with Crippen LogP contribution in [-0.2, 0) is 19.5 Å². The number of primary amides is 1. The number of aromatic nitrogens is 1. The lowest BCUT2D eigenvalue weighted by Gasteiger charge is -2.34. The Bertz CT molecular complexity index is 623. The highest BCUT2D eigenvalue weighted by molar-refractivity contribution is 6.62. The molecule has 130 valence electrons. The zero-order chi connectivity index (χ0) is 17.6. The van der Waals surface area contributed by atoms with Crippen LogP contribution in [0.3, 0.4) is 0 Å². The van der Waals surface area contributed by atoms with Crippen molar-refractivity contribution in [3.05, 3.63) is 24.0 Å². The van der Waals surface area contributed by atoms with Crippen LogP contribution in [0.4, 0.5) is 0 Å². The fourth-order valence-corrected chi connectivity index (χ4v) is 3.62. The third-order valence-electron chi connectivity index (χ3n) is 5.98. The van der Waals surface area contributed by atoms with Gasteiger partial charge in [0.2, 0.25) is 5.91 Å². The second-order valence-corrected chi connectivity index (χ2v) is 8.07. The van der Waals surface area contributed by atoms with Gasteiger partial charge >= 0.3 is 7.12 Å². The number of hydrogen-bond donors (Lipinski definition) is 1. The Morgan fingerprint density at radius 3 is 2.25 bits per heavy atom. The number of nitrogens with two attached hydrogens (primary N) is 1. The minimum atomic E-state index is -0.655. The van der Waals surface area contributed by atoms with Crippen LogP contribution in [0.15, 0.2) is 18.3 Å². The van der Waals surface area contributed by atoms with E-state index in [9.17, 15) is 4.79 Å². The van der Waals surface area contributed by atoms with E-state index < -0.39 is 23.7 Å². The first kappa shape index (κ1) is 17.4. The van der Waals surface area contributed by atoms with E-state index in [1.54, 1.807) is 6.20 Å². The van der Waals surface area contributed by atoms with Crippen molar-refractivity contribution in [1.82, 2.24) is 4.98 Å². The van der Waals surface area contributed by atoms with Crippen molar-refractivity contribution >= 4 is 18.5 Å². The number of amides is 1. The highest BCUT2D eigenvalue weighted by Crippen LogP contribution is 2.39. The highest BCUT2D eigenvalue weighted by Gasteiger charge is 2.52. The molecule has 2 N–H and O–H groups in total. The molecule has 1 aromatic rings. The molecule has 1 aromatic heterocycles. The second kappa shape index (κ2) is 5.85. The van der Waals surface area contributed by atoms with Gasteiger partial charge in [0.1, 0.15) is 0 Å². The van der Waals surface area contributed by atoms with Crippen LogP contribution in [0.5, 0.6) is 0 Å². The van der Waals surface area contributed by atoms with Gasteiger partial charge in [0.25, 0.3) is 0 Å². The summed E-state index contributed by atoms with van der Waals surface area (Å²) < 4.78 is 12.2. The minimum Gasteiger partial charge on any atom is -0.399 e. The lowest BCUT2D eigenvalue weighted by atomic mass is 9.69. The topological polar surface area (TPSA) is 74.4 Å². The Hall–Kier alpha value is -1.40. The standard InChI is InChI=1S/C18H27BN2O3/c1-16(2)17(3,4)24-19(23-16)13-8-11-21-14(12-13)18(15(20)22)9-6-5-7-10-18/h8,11-12H,5-7,9-10H2,1-4H3,(H2,20,22). The third-order valence-corrected chi connectivity index (χ3v) is 5.98. The summed E-state index contributed by atoms with van der Waals surface area (Å²) in [6.45, 7) is 8.12. The summed E-state index contributed by atoms with van der Waals surface area (Å²) in [6, 6.07) is 3.83. The van der Waals surface area contributed by atoms with Gasteiger partial charge < -0.3 is 15.0 Å². The predicted octanol–water partition coefficient (Wildman–Crippen LogP) is 2.07. The van der Waals surface area contributed by atoms with Gasteiger partial charge in [0.05, 0.1) is 22.3 Å². The molecule has 3 rings (SSSR count). The summed E-state index contributed by atoms with van der Waals surface area (Å²) >= 11 is 0. The molecule has 6 heteroatoms. The largest absolute Gasteiger partial charge is 0.494 e. The van der Waals surface area contributed by atoms with Gasteiger partial charge in [-0.25, -0.2) is 0 Å². The summed E-state index contributed by atoms with van der Waals surface area (Å²) in [5.74, 6) is -0.277. The molecule has 1 saturated carbocycles. The maximum absolute atomic E-state index is 12.2. The fraction of sp³-hybridized carbons (Fsp3) is 0.667. The average molecular weight is 330 g/mol. The van der Waals surface area contributed by atoms with Crippen LogP contribution in [-0.4, -0.2) is 29.2 Å². The maximum atomic E-state index is 12.2. The van der Waals surface area contributed by atoms with Gasteiger partial charge in [-0.2, -0.15) is 0 Å². The van der Waals surface area contributed by atoms with Crippen molar-refractivity contribution in [3.8, 4) is 0 Å². The van der Waals surface area contributed by atoms with Crippen LogP contribution in [0.25, 0.3) is 0 Å². The van der Waals surface area contributed by atoms with Gasteiger partial charge in [0, 0.05) is 6.20 Å². The summed E-state index contributed by atoms with van der Waals surface area (Å²) in [5.41, 5.74) is 5.98. The Labute approximate surface area is 144 Å². The van der Waals surface area contributed by atoms with Crippen molar-refractivity contribution in [2.45, 2.75) is 76.4 Å². The molecule has 2 fully saturated rings. The molecule has 2 heterocycles. The van der Waals surface area contributed by atoms with E-state index in [0.29, 0.717) is 0 Å². The highest BCUT2D eigenvalue weighted by atomic mass is 16.7. The van der Waals surface area contributed by atoms with Crippen molar-refractivity contribution in [2.75, 3.05) is 0 Å². The van der Waals surface area contributed by atoms with Crippen LogP contribution in [0.2, 0.25) is 0 Å². The third kappa shape index (κ3) is 2.76. The van der Waals surface area contributed by atoms with Gasteiger partial charge in [-0.15, -0.1) is 0 Å². The molecule has 0 radical (unpaired) electrons. The molecule has 0 atom stereocenters. The fourth-order valence-electron chi connectivity index (χ4n) is 3.62. The van der Waals surface area contributed by atoms with Crippen molar-refractivity contribution in [2.24, 2.45) is 5.73 Å². The summed E-state index contributed by atoms with van der Waals surface area (Å²) in [5, 5.41) is 0. The van der Waals surface area contributed by atoms with Crippen LogP contribution < -0.4 is 11.2 Å². The Kier molecular flexibility index (Phi) is 4.25. The lowest BCUT2D eigenvalue weighted by Crippen LogP contribution is -2.45. The molecular weight excluding hydrogens is 303 g/mol. The Morgan fingerprint density at radius 2 is 1.71 bits per heavy atom. The van der Waals surface area contributed by atoms with E-state index >= 15 is 0 Å². The Balaban J connectivity index is 1.94. The first-order chi connectivity index (χ1) is 11.2. The van der Waals surface area contributed by atoms with Crippen LogP contribution in [0, 0.1) is 0 Å².